The topological polar surface area (TPSA) is 32.7 Å². The molecule has 0 spiro atoms. The predicted octanol–water partition coefficient (Wildman–Crippen LogP) is 0.689. The molecule has 1 saturated heterocycles. The molecule has 14 heavy (non-hydrogen) atoms. The average molecular weight is 193 g/mol. The van der Waals surface area contributed by atoms with E-state index in [9.17, 15) is 5.11 Å². The molecule has 1 N–H and O–H groups in total. The summed E-state index contributed by atoms with van der Waals surface area (Å²) in [5, 5.41) is 9.64. The molecule has 0 aromatic carbocycles. The second kappa shape index (κ2) is 4.44. The summed E-state index contributed by atoms with van der Waals surface area (Å²) >= 11 is 0. The summed E-state index contributed by atoms with van der Waals surface area (Å²) in [7, 11) is 0. The quantitative estimate of drug-likeness (QED) is 0.665. The van der Waals surface area contributed by atoms with Crippen LogP contribution in [0.2, 0.25) is 0 Å². The van der Waals surface area contributed by atoms with Crippen LogP contribution < -0.4 is 0 Å². The van der Waals surface area contributed by atoms with E-state index in [1.165, 1.54) is 0 Å². The fraction of sp³-hybridized carbons (Fsp3) is 0.455. The first-order valence-corrected chi connectivity index (χ1v) is 4.93. The highest BCUT2D eigenvalue weighted by Gasteiger charge is 2.11. The highest BCUT2D eigenvalue weighted by Crippen LogP contribution is 2.13. The summed E-state index contributed by atoms with van der Waals surface area (Å²) in [6.45, 7) is 3.38. The zero-order valence-corrected chi connectivity index (χ0v) is 8.10. The van der Waals surface area contributed by atoms with E-state index in [0.29, 0.717) is 0 Å². The highest BCUT2D eigenvalue weighted by atomic mass is 16.5. The molecule has 1 atom stereocenters. The molecule has 76 valence electrons. The van der Waals surface area contributed by atoms with Gasteiger partial charge in [0.1, 0.15) is 0 Å². The maximum Gasteiger partial charge on any atom is 0.0988 e. The van der Waals surface area contributed by atoms with E-state index < -0.39 is 6.10 Å². The monoisotopic (exact) mass is 193 g/mol. The second-order valence-electron chi connectivity index (χ2n) is 3.47. The van der Waals surface area contributed by atoms with Gasteiger partial charge < -0.3 is 14.7 Å². The summed E-state index contributed by atoms with van der Waals surface area (Å²) in [5.74, 6) is 0. The first-order valence-electron chi connectivity index (χ1n) is 4.93. The maximum absolute atomic E-state index is 9.64. The van der Waals surface area contributed by atoms with Crippen molar-refractivity contribution < 1.29 is 9.84 Å². The van der Waals surface area contributed by atoms with Crippen LogP contribution in [0.15, 0.2) is 36.1 Å². The first-order chi connectivity index (χ1) is 6.86. The van der Waals surface area contributed by atoms with E-state index >= 15 is 0 Å². The fourth-order valence-electron chi connectivity index (χ4n) is 1.58. The van der Waals surface area contributed by atoms with Gasteiger partial charge in [-0.05, 0) is 0 Å². The zero-order chi connectivity index (χ0) is 9.80. The molecule has 0 radical (unpaired) electrons. The Hall–Kier alpha value is -1.06. The van der Waals surface area contributed by atoms with Gasteiger partial charge in [0.2, 0.25) is 0 Å². The van der Waals surface area contributed by atoms with Crippen molar-refractivity contribution in [2.24, 2.45) is 0 Å². The van der Waals surface area contributed by atoms with E-state index in [1.54, 1.807) is 6.08 Å². The van der Waals surface area contributed by atoms with Gasteiger partial charge in [-0.3, -0.25) is 0 Å². The molecular formula is C11H15NO2. The number of rotatable bonds is 1. The molecule has 1 aliphatic heterocycles. The summed E-state index contributed by atoms with van der Waals surface area (Å²) in [6.07, 6.45) is 9.10. The van der Waals surface area contributed by atoms with E-state index in [2.05, 4.69) is 4.90 Å². The van der Waals surface area contributed by atoms with Crippen molar-refractivity contribution in [3.63, 3.8) is 0 Å². The third-order valence-electron chi connectivity index (χ3n) is 2.41. The lowest BCUT2D eigenvalue weighted by Crippen LogP contribution is -2.33. The molecule has 2 aliphatic rings. The van der Waals surface area contributed by atoms with Gasteiger partial charge in [-0.2, -0.15) is 0 Å². The lowest BCUT2D eigenvalue weighted by atomic mass is 10.1. The number of aliphatic hydroxyl groups excluding tert-OH is 1. The molecule has 2 rings (SSSR count). The van der Waals surface area contributed by atoms with Gasteiger partial charge >= 0.3 is 0 Å². The molecule has 0 aromatic rings. The molecule has 1 heterocycles. The number of nitrogens with zero attached hydrogens (tertiary/aromatic N) is 1. The standard InChI is InChI=1S/C11H15NO2/c13-11-4-2-1-3-10(11)9-12-5-7-14-8-6-12/h1-4,9,11,13H,5-8H2. The van der Waals surface area contributed by atoms with Crippen LogP contribution in [0.3, 0.4) is 0 Å². The van der Waals surface area contributed by atoms with Crippen LogP contribution in [0.4, 0.5) is 0 Å². The molecule has 3 nitrogen and oxygen atoms in total. The van der Waals surface area contributed by atoms with Crippen molar-refractivity contribution >= 4 is 0 Å². The number of hydrogen-bond donors (Lipinski definition) is 1. The summed E-state index contributed by atoms with van der Waals surface area (Å²) in [6, 6.07) is 0. The Morgan fingerprint density at radius 2 is 2.14 bits per heavy atom. The Bertz CT molecular complexity index is 275. The summed E-state index contributed by atoms with van der Waals surface area (Å²) in [4.78, 5) is 2.19. The van der Waals surface area contributed by atoms with Gasteiger partial charge in [0, 0.05) is 24.9 Å². The normalized spacial score (nSPS) is 29.9. The van der Waals surface area contributed by atoms with Gasteiger partial charge in [0.15, 0.2) is 0 Å². The molecule has 1 fully saturated rings. The second-order valence-corrected chi connectivity index (χ2v) is 3.47. The molecule has 3 heteroatoms. The van der Waals surface area contributed by atoms with Crippen molar-refractivity contribution in [1.82, 2.24) is 4.90 Å². The van der Waals surface area contributed by atoms with Crippen molar-refractivity contribution in [1.29, 1.82) is 0 Å². The Labute approximate surface area is 84.0 Å². The maximum atomic E-state index is 9.64. The molecule has 0 amide bonds. The number of aliphatic hydroxyl groups is 1. The van der Waals surface area contributed by atoms with Gasteiger partial charge in [-0.15, -0.1) is 0 Å². The fourth-order valence-corrected chi connectivity index (χ4v) is 1.58. The van der Waals surface area contributed by atoms with E-state index in [0.717, 1.165) is 31.9 Å². The molecule has 1 aliphatic carbocycles. The SMILES string of the molecule is OC1C=CC=CC1=CN1CCOCC1. The van der Waals surface area contributed by atoms with Crippen LogP contribution in [0, 0.1) is 0 Å². The molecule has 0 bridgehead atoms. The van der Waals surface area contributed by atoms with Crippen LogP contribution in [-0.4, -0.2) is 42.4 Å². The minimum atomic E-state index is -0.456. The summed E-state index contributed by atoms with van der Waals surface area (Å²) < 4.78 is 5.25. The Kier molecular flexibility index (Phi) is 3.01. The van der Waals surface area contributed by atoms with E-state index in [-0.39, 0.29) is 0 Å². The Morgan fingerprint density at radius 3 is 2.86 bits per heavy atom. The predicted molar refractivity (Wildman–Crippen MR) is 54.8 cm³/mol. The smallest absolute Gasteiger partial charge is 0.0988 e. The molecule has 0 aromatic heterocycles. The Balaban J connectivity index is 2.01. The van der Waals surface area contributed by atoms with Crippen molar-refractivity contribution in [2.45, 2.75) is 6.10 Å². The molecule has 1 unspecified atom stereocenters. The number of hydrogen-bond acceptors (Lipinski definition) is 3. The molecular weight excluding hydrogens is 178 g/mol. The minimum Gasteiger partial charge on any atom is -0.384 e. The third-order valence-corrected chi connectivity index (χ3v) is 2.41. The number of ether oxygens (including phenoxy) is 1. The van der Waals surface area contributed by atoms with E-state index in [4.69, 9.17) is 4.74 Å². The van der Waals surface area contributed by atoms with Gasteiger partial charge in [0.25, 0.3) is 0 Å². The zero-order valence-electron chi connectivity index (χ0n) is 8.10. The van der Waals surface area contributed by atoms with Crippen molar-refractivity contribution in [2.75, 3.05) is 26.3 Å². The molecule has 0 saturated carbocycles. The number of morpholine rings is 1. The Morgan fingerprint density at radius 1 is 1.36 bits per heavy atom. The largest absolute Gasteiger partial charge is 0.384 e. The minimum absolute atomic E-state index is 0.456. The van der Waals surface area contributed by atoms with Crippen molar-refractivity contribution in [3.8, 4) is 0 Å². The van der Waals surface area contributed by atoms with E-state index in [1.807, 2.05) is 24.4 Å². The van der Waals surface area contributed by atoms with Crippen molar-refractivity contribution in [3.05, 3.63) is 36.1 Å². The first kappa shape index (κ1) is 9.49. The summed E-state index contributed by atoms with van der Waals surface area (Å²) in [5.41, 5.74) is 0.953. The van der Waals surface area contributed by atoms with Crippen LogP contribution in [0.5, 0.6) is 0 Å². The lowest BCUT2D eigenvalue weighted by molar-refractivity contribution is 0.0586. The van der Waals surface area contributed by atoms with Gasteiger partial charge in [-0.1, -0.05) is 24.3 Å². The number of allylic oxidation sites excluding steroid dienone is 2. The van der Waals surface area contributed by atoms with Gasteiger partial charge in [-0.25, -0.2) is 0 Å². The average Bonchev–Trinajstić information content (AvgIpc) is 2.23. The lowest BCUT2D eigenvalue weighted by Gasteiger charge is -2.26. The van der Waals surface area contributed by atoms with Gasteiger partial charge in [0.05, 0.1) is 19.3 Å². The third kappa shape index (κ3) is 2.25. The van der Waals surface area contributed by atoms with Crippen LogP contribution in [0.1, 0.15) is 0 Å². The van der Waals surface area contributed by atoms with Crippen LogP contribution >= 0.6 is 0 Å². The highest BCUT2D eigenvalue weighted by molar-refractivity contribution is 5.33. The van der Waals surface area contributed by atoms with Crippen LogP contribution in [-0.2, 0) is 4.74 Å². The van der Waals surface area contributed by atoms with Crippen LogP contribution in [0.25, 0.3) is 0 Å².